The predicted octanol–water partition coefficient (Wildman–Crippen LogP) is 0.702. The number of aromatic nitrogens is 5. The normalized spacial score (nSPS) is 10.3. The van der Waals surface area contributed by atoms with E-state index in [-0.39, 0.29) is 16.9 Å². The lowest BCUT2D eigenvalue weighted by atomic mass is 10.2. The summed E-state index contributed by atoms with van der Waals surface area (Å²) in [5.41, 5.74) is 7.25. The van der Waals surface area contributed by atoms with Crippen LogP contribution in [0.25, 0.3) is 11.4 Å². The monoisotopic (exact) mass is 339 g/mol. The highest BCUT2D eigenvalue weighted by Crippen LogP contribution is 2.31. The molecule has 3 rings (SSSR count). The van der Waals surface area contributed by atoms with Crippen LogP contribution in [0, 0.1) is 11.3 Å². The first-order valence-electron chi connectivity index (χ1n) is 7.01. The van der Waals surface area contributed by atoms with Gasteiger partial charge >= 0.3 is 5.97 Å². The van der Waals surface area contributed by atoms with Gasteiger partial charge in [-0.2, -0.15) is 5.26 Å². The molecule has 126 valence electrons. The summed E-state index contributed by atoms with van der Waals surface area (Å²) in [6.07, 6.45) is 2.88. The van der Waals surface area contributed by atoms with E-state index in [1.165, 1.54) is 36.0 Å². The van der Waals surface area contributed by atoms with Crippen LogP contribution in [0.2, 0.25) is 0 Å². The Morgan fingerprint density at radius 2 is 2.16 bits per heavy atom. The third-order valence-electron chi connectivity index (χ3n) is 3.58. The van der Waals surface area contributed by atoms with E-state index in [4.69, 9.17) is 15.2 Å². The summed E-state index contributed by atoms with van der Waals surface area (Å²) in [6, 6.07) is 7.08. The van der Waals surface area contributed by atoms with E-state index >= 15 is 0 Å². The summed E-state index contributed by atoms with van der Waals surface area (Å²) in [5, 5.41) is 20.2. The smallest absolute Gasteiger partial charge is 0.357 e. The minimum atomic E-state index is -0.672. The van der Waals surface area contributed by atoms with E-state index in [1.54, 1.807) is 18.2 Å². The van der Waals surface area contributed by atoms with Gasteiger partial charge in [0.05, 0.1) is 36.8 Å². The van der Waals surface area contributed by atoms with Crippen LogP contribution in [0.1, 0.15) is 16.1 Å². The summed E-state index contributed by atoms with van der Waals surface area (Å²) in [7, 11) is 2.73. The molecule has 1 aromatic carbocycles. The van der Waals surface area contributed by atoms with Gasteiger partial charge in [-0.15, -0.1) is 5.10 Å². The Morgan fingerprint density at radius 3 is 2.76 bits per heavy atom. The molecular weight excluding hydrogens is 326 g/mol. The molecule has 0 saturated carbocycles. The van der Waals surface area contributed by atoms with Gasteiger partial charge < -0.3 is 19.8 Å². The molecule has 0 fully saturated rings. The molecule has 0 bridgehead atoms. The molecule has 0 atom stereocenters. The van der Waals surface area contributed by atoms with E-state index in [9.17, 15) is 10.1 Å². The molecule has 0 radical (unpaired) electrons. The number of hydrogen-bond donors (Lipinski definition) is 1. The Bertz CT molecular complexity index is 970. The first-order valence-corrected chi connectivity index (χ1v) is 7.01. The number of nitrogens with zero attached hydrogens (tertiary/aromatic N) is 6. The number of carbonyl (C=O) groups excluding carboxylic acids is 1. The lowest BCUT2D eigenvalue weighted by Crippen LogP contribution is -2.12. The van der Waals surface area contributed by atoms with E-state index in [0.717, 1.165) is 0 Å². The van der Waals surface area contributed by atoms with Crippen LogP contribution in [-0.4, -0.2) is 45.0 Å². The molecule has 2 heterocycles. The Morgan fingerprint density at radius 1 is 1.36 bits per heavy atom. The fourth-order valence-electron chi connectivity index (χ4n) is 2.39. The summed E-state index contributed by atoms with van der Waals surface area (Å²) in [6.45, 7) is 0. The van der Waals surface area contributed by atoms with Crippen molar-refractivity contribution in [2.75, 3.05) is 20.0 Å². The number of benzene rings is 1. The van der Waals surface area contributed by atoms with Crippen LogP contribution in [0.15, 0.2) is 30.7 Å². The Labute approximate surface area is 142 Å². The minimum absolute atomic E-state index is 0.0317. The second kappa shape index (κ2) is 6.32. The number of methoxy groups -OCH3 is 2. The maximum Gasteiger partial charge on any atom is 0.357 e. The lowest BCUT2D eigenvalue weighted by molar-refractivity contribution is 0.0593. The van der Waals surface area contributed by atoms with Crippen molar-refractivity contribution in [3.8, 4) is 23.2 Å². The number of tetrazole rings is 1. The van der Waals surface area contributed by atoms with Crippen molar-refractivity contribution >= 4 is 11.7 Å². The second-order valence-corrected chi connectivity index (χ2v) is 4.89. The van der Waals surface area contributed by atoms with Gasteiger partial charge in [-0.25, -0.2) is 9.48 Å². The number of carbonyl (C=O) groups is 1. The van der Waals surface area contributed by atoms with Crippen molar-refractivity contribution in [1.82, 2.24) is 24.8 Å². The number of esters is 1. The zero-order valence-corrected chi connectivity index (χ0v) is 13.4. The van der Waals surface area contributed by atoms with Crippen LogP contribution in [-0.2, 0) is 4.74 Å². The number of ether oxygens (including phenoxy) is 2. The summed E-state index contributed by atoms with van der Waals surface area (Å²) in [4.78, 5) is 12.2. The van der Waals surface area contributed by atoms with Gasteiger partial charge in [-0.3, -0.25) is 0 Å². The van der Waals surface area contributed by atoms with Crippen LogP contribution >= 0.6 is 0 Å². The maximum absolute atomic E-state index is 12.2. The first-order chi connectivity index (χ1) is 12.1. The number of nitriles is 1. The van der Waals surface area contributed by atoms with Crippen molar-refractivity contribution in [3.63, 3.8) is 0 Å². The average molecular weight is 339 g/mol. The highest BCUT2D eigenvalue weighted by Gasteiger charge is 2.23. The molecule has 0 saturated heterocycles. The van der Waals surface area contributed by atoms with Gasteiger partial charge in [0.25, 0.3) is 0 Å². The standard InChI is InChI=1S/C15H13N7O3/c1-24-12-4-3-10(22-8-18-19-20-22)5-11(12)21-7-9(6-16)13(17)14(21)15(23)25-2/h3-5,7-8H,17H2,1-2H3. The predicted molar refractivity (Wildman–Crippen MR) is 85.5 cm³/mol. The number of anilines is 1. The SMILES string of the molecule is COC(=O)c1c(N)c(C#N)cn1-c1cc(-n2cnnn2)ccc1OC. The zero-order chi connectivity index (χ0) is 18.0. The molecule has 10 nitrogen and oxygen atoms in total. The summed E-state index contributed by atoms with van der Waals surface area (Å²) < 4.78 is 13.0. The zero-order valence-electron chi connectivity index (χ0n) is 13.4. The molecule has 0 unspecified atom stereocenters. The van der Waals surface area contributed by atoms with Crippen LogP contribution in [0.4, 0.5) is 5.69 Å². The van der Waals surface area contributed by atoms with Crippen molar-refractivity contribution in [3.05, 3.63) is 42.0 Å². The number of hydrogen-bond acceptors (Lipinski definition) is 8. The van der Waals surface area contributed by atoms with E-state index < -0.39 is 5.97 Å². The molecule has 10 heteroatoms. The molecule has 0 aliphatic rings. The van der Waals surface area contributed by atoms with Gasteiger partial charge in [0.1, 0.15) is 18.1 Å². The molecule has 0 aliphatic carbocycles. The molecule has 2 N–H and O–H groups in total. The van der Waals surface area contributed by atoms with Crippen LogP contribution < -0.4 is 10.5 Å². The second-order valence-electron chi connectivity index (χ2n) is 4.89. The molecular formula is C15H13N7O3. The fraction of sp³-hybridized carbons (Fsp3) is 0.133. The number of nitrogens with two attached hydrogens (primary N) is 1. The highest BCUT2D eigenvalue weighted by molar-refractivity contribution is 5.96. The quantitative estimate of drug-likeness (QED) is 0.687. The first kappa shape index (κ1) is 16.0. The van der Waals surface area contributed by atoms with Gasteiger partial charge in [0.2, 0.25) is 0 Å². The Kier molecular flexibility index (Phi) is 4.05. The Balaban J connectivity index is 2.27. The van der Waals surface area contributed by atoms with E-state index in [0.29, 0.717) is 17.1 Å². The highest BCUT2D eigenvalue weighted by atomic mass is 16.5. The van der Waals surface area contributed by atoms with Crippen molar-refractivity contribution in [1.29, 1.82) is 5.26 Å². The molecule has 2 aromatic heterocycles. The third kappa shape index (κ3) is 2.63. The van der Waals surface area contributed by atoms with Crippen molar-refractivity contribution in [2.24, 2.45) is 0 Å². The molecule has 0 amide bonds. The summed E-state index contributed by atoms with van der Waals surface area (Å²) >= 11 is 0. The molecule has 25 heavy (non-hydrogen) atoms. The van der Waals surface area contributed by atoms with Crippen molar-refractivity contribution < 1.29 is 14.3 Å². The van der Waals surface area contributed by atoms with Crippen molar-refractivity contribution in [2.45, 2.75) is 0 Å². The third-order valence-corrected chi connectivity index (χ3v) is 3.58. The summed E-state index contributed by atoms with van der Waals surface area (Å²) in [5.74, 6) is -0.213. The number of nitrogen functional groups attached to an aromatic ring is 1. The van der Waals surface area contributed by atoms with Gasteiger partial charge in [-0.1, -0.05) is 0 Å². The van der Waals surface area contributed by atoms with Gasteiger partial charge in [-0.05, 0) is 28.6 Å². The lowest BCUT2D eigenvalue weighted by Gasteiger charge is -2.14. The molecule has 0 aliphatic heterocycles. The average Bonchev–Trinajstić information content (AvgIpc) is 3.28. The topological polar surface area (TPSA) is 134 Å². The Hall–Kier alpha value is -3.87. The maximum atomic E-state index is 12.2. The van der Waals surface area contributed by atoms with E-state index in [1.807, 2.05) is 6.07 Å². The molecule has 0 spiro atoms. The fourth-order valence-corrected chi connectivity index (χ4v) is 2.39. The largest absolute Gasteiger partial charge is 0.495 e. The van der Waals surface area contributed by atoms with E-state index in [2.05, 4.69) is 15.5 Å². The van der Waals surface area contributed by atoms with Crippen LogP contribution in [0.3, 0.4) is 0 Å². The molecule has 3 aromatic rings. The van der Waals surface area contributed by atoms with Gasteiger partial charge in [0, 0.05) is 6.20 Å². The van der Waals surface area contributed by atoms with Crippen LogP contribution in [0.5, 0.6) is 5.75 Å². The number of rotatable bonds is 4. The van der Waals surface area contributed by atoms with Gasteiger partial charge in [0.15, 0.2) is 5.69 Å². The minimum Gasteiger partial charge on any atom is -0.495 e.